The van der Waals surface area contributed by atoms with Crippen LogP contribution in [0.5, 0.6) is 5.75 Å². The number of benzene rings is 2. The quantitative estimate of drug-likeness (QED) is 0.590. The summed E-state index contributed by atoms with van der Waals surface area (Å²) in [4.78, 5) is 6.82. The molecule has 1 aromatic heterocycles. The summed E-state index contributed by atoms with van der Waals surface area (Å²) in [5.74, 6) is 0.846. The Kier molecular flexibility index (Phi) is 5.48. The van der Waals surface area contributed by atoms with Gasteiger partial charge in [-0.05, 0) is 55.9 Å². The van der Waals surface area contributed by atoms with Gasteiger partial charge in [-0.25, -0.2) is 0 Å². The number of aryl methyl sites for hydroxylation is 1. The summed E-state index contributed by atoms with van der Waals surface area (Å²) in [6.45, 7) is 3.53. The molecule has 25 heavy (non-hydrogen) atoms. The molecular weight excluding hydrogens is 355 g/mol. The van der Waals surface area contributed by atoms with Gasteiger partial charge < -0.3 is 4.74 Å². The van der Waals surface area contributed by atoms with Gasteiger partial charge in [-0.15, -0.1) is 0 Å². The molecule has 0 saturated carbocycles. The van der Waals surface area contributed by atoms with Crippen molar-refractivity contribution >= 4 is 34.1 Å². The molecule has 3 nitrogen and oxygen atoms in total. The minimum Gasteiger partial charge on any atom is -0.496 e. The summed E-state index contributed by atoms with van der Waals surface area (Å²) >= 11 is 12.2. The molecule has 3 aromatic rings. The number of aromatic nitrogens is 1. The number of nitrogens with zero attached hydrogens (tertiary/aromatic N) is 2. The average molecular weight is 375 g/mol. The molecule has 0 atom stereocenters. The first-order chi connectivity index (χ1) is 12.0. The van der Waals surface area contributed by atoms with E-state index in [0.717, 1.165) is 41.0 Å². The van der Waals surface area contributed by atoms with Crippen molar-refractivity contribution in [3.05, 3.63) is 69.3 Å². The van der Waals surface area contributed by atoms with Gasteiger partial charge in [-0.1, -0.05) is 29.3 Å². The number of ether oxygens (including phenoxy) is 1. The first kappa shape index (κ1) is 18.0. The van der Waals surface area contributed by atoms with Crippen molar-refractivity contribution < 1.29 is 4.74 Å². The maximum Gasteiger partial charge on any atom is 0.123 e. The number of fused-ring (bicyclic) bond motifs is 1. The topological polar surface area (TPSA) is 25.4 Å². The minimum atomic E-state index is 0.702. The van der Waals surface area contributed by atoms with E-state index < -0.39 is 0 Å². The molecule has 0 aliphatic carbocycles. The van der Waals surface area contributed by atoms with Gasteiger partial charge in [0.1, 0.15) is 5.75 Å². The van der Waals surface area contributed by atoms with Crippen LogP contribution in [-0.2, 0) is 13.1 Å². The lowest BCUT2D eigenvalue weighted by molar-refractivity contribution is 0.311. The van der Waals surface area contributed by atoms with Crippen LogP contribution in [0.25, 0.3) is 10.9 Å². The zero-order chi connectivity index (χ0) is 18.0. The molecule has 0 spiro atoms. The van der Waals surface area contributed by atoms with Gasteiger partial charge >= 0.3 is 0 Å². The van der Waals surface area contributed by atoms with E-state index in [4.69, 9.17) is 27.9 Å². The molecule has 0 bridgehead atoms. The lowest BCUT2D eigenvalue weighted by Crippen LogP contribution is -2.18. The summed E-state index contributed by atoms with van der Waals surface area (Å²) in [6.07, 6.45) is 0. The van der Waals surface area contributed by atoms with Crippen LogP contribution in [0.15, 0.2) is 42.5 Å². The number of methoxy groups -OCH3 is 1. The first-order valence-electron chi connectivity index (χ1n) is 8.03. The monoisotopic (exact) mass is 374 g/mol. The number of pyridine rings is 1. The summed E-state index contributed by atoms with van der Waals surface area (Å²) in [7, 11) is 3.76. The molecular formula is C20H20Cl2N2O. The van der Waals surface area contributed by atoms with Crippen molar-refractivity contribution in [3.63, 3.8) is 0 Å². The fraction of sp³-hybridized carbons (Fsp3) is 0.250. The lowest BCUT2D eigenvalue weighted by Gasteiger charge is -2.20. The molecule has 0 saturated heterocycles. The van der Waals surface area contributed by atoms with Gasteiger partial charge in [0.2, 0.25) is 0 Å². The SMILES string of the molecule is COc1ccc(Cl)cc1CN(C)Cc1cc(C)nc2cc(Cl)ccc12. The zero-order valence-corrected chi connectivity index (χ0v) is 16.0. The maximum atomic E-state index is 6.14. The van der Waals surface area contributed by atoms with Crippen molar-refractivity contribution in [1.82, 2.24) is 9.88 Å². The van der Waals surface area contributed by atoms with Crippen LogP contribution in [0.3, 0.4) is 0 Å². The van der Waals surface area contributed by atoms with E-state index in [1.165, 1.54) is 5.56 Å². The highest BCUT2D eigenvalue weighted by Gasteiger charge is 2.11. The zero-order valence-electron chi connectivity index (χ0n) is 14.5. The Hall–Kier alpha value is -1.81. The van der Waals surface area contributed by atoms with E-state index in [2.05, 4.69) is 23.0 Å². The Morgan fingerprint density at radius 3 is 2.40 bits per heavy atom. The third-order valence-corrected chi connectivity index (χ3v) is 4.58. The molecule has 0 fully saturated rings. The van der Waals surface area contributed by atoms with Gasteiger partial charge in [-0.3, -0.25) is 9.88 Å². The van der Waals surface area contributed by atoms with E-state index in [0.29, 0.717) is 10.0 Å². The average Bonchev–Trinajstić information content (AvgIpc) is 2.54. The molecule has 0 amide bonds. The number of hydrogen-bond acceptors (Lipinski definition) is 3. The molecule has 5 heteroatoms. The highest BCUT2D eigenvalue weighted by Crippen LogP contribution is 2.26. The predicted octanol–water partition coefficient (Wildman–Crippen LogP) is 5.49. The van der Waals surface area contributed by atoms with Crippen LogP contribution in [0.4, 0.5) is 0 Å². The fourth-order valence-electron chi connectivity index (χ4n) is 3.06. The Morgan fingerprint density at radius 2 is 1.64 bits per heavy atom. The second kappa shape index (κ2) is 7.61. The molecule has 0 aliphatic rings. The van der Waals surface area contributed by atoms with Crippen LogP contribution in [0, 0.1) is 6.92 Å². The summed E-state index contributed by atoms with van der Waals surface area (Å²) < 4.78 is 5.44. The lowest BCUT2D eigenvalue weighted by atomic mass is 10.1. The van der Waals surface area contributed by atoms with Gasteiger partial charge in [0.25, 0.3) is 0 Å². The molecule has 130 valence electrons. The van der Waals surface area contributed by atoms with E-state index in [1.807, 2.05) is 43.3 Å². The highest BCUT2D eigenvalue weighted by atomic mass is 35.5. The van der Waals surface area contributed by atoms with Crippen LogP contribution in [-0.4, -0.2) is 24.0 Å². The molecule has 0 radical (unpaired) electrons. The number of rotatable bonds is 5. The highest BCUT2D eigenvalue weighted by molar-refractivity contribution is 6.31. The van der Waals surface area contributed by atoms with E-state index in [9.17, 15) is 0 Å². The Morgan fingerprint density at radius 1 is 0.960 bits per heavy atom. The Balaban J connectivity index is 1.87. The minimum absolute atomic E-state index is 0.702. The molecule has 3 rings (SSSR count). The predicted molar refractivity (Wildman–Crippen MR) is 105 cm³/mol. The van der Waals surface area contributed by atoms with Crippen molar-refractivity contribution in [2.24, 2.45) is 0 Å². The second-order valence-corrected chi connectivity index (χ2v) is 7.09. The van der Waals surface area contributed by atoms with Crippen LogP contribution in [0.1, 0.15) is 16.8 Å². The first-order valence-corrected chi connectivity index (χ1v) is 8.78. The van der Waals surface area contributed by atoms with Gasteiger partial charge in [0.05, 0.1) is 12.6 Å². The molecule has 0 unspecified atom stereocenters. The van der Waals surface area contributed by atoms with Gasteiger partial charge in [0.15, 0.2) is 0 Å². The van der Waals surface area contributed by atoms with Crippen molar-refractivity contribution in [1.29, 1.82) is 0 Å². The standard InChI is InChI=1S/C20H20Cl2N2O/c1-13-8-14(18-6-4-17(22)10-19(18)23-13)11-24(2)12-15-9-16(21)5-7-20(15)25-3/h4-10H,11-12H2,1-3H3. The third-order valence-electron chi connectivity index (χ3n) is 4.11. The third kappa shape index (κ3) is 4.24. The van der Waals surface area contributed by atoms with Crippen LogP contribution in [0.2, 0.25) is 10.0 Å². The second-order valence-electron chi connectivity index (χ2n) is 6.21. The molecule has 0 N–H and O–H groups in total. The van der Waals surface area contributed by atoms with Crippen LogP contribution >= 0.6 is 23.2 Å². The summed E-state index contributed by atoms with van der Waals surface area (Å²) in [5, 5.41) is 2.54. The fourth-order valence-corrected chi connectivity index (χ4v) is 3.42. The summed E-state index contributed by atoms with van der Waals surface area (Å²) in [6, 6.07) is 13.7. The van der Waals surface area contributed by atoms with E-state index in [-0.39, 0.29) is 0 Å². The Labute approximate surface area is 158 Å². The number of hydrogen-bond donors (Lipinski definition) is 0. The van der Waals surface area contributed by atoms with E-state index >= 15 is 0 Å². The van der Waals surface area contributed by atoms with E-state index in [1.54, 1.807) is 7.11 Å². The normalized spacial score (nSPS) is 11.3. The maximum absolute atomic E-state index is 6.14. The van der Waals surface area contributed by atoms with Crippen molar-refractivity contribution in [2.45, 2.75) is 20.0 Å². The Bertz CT molecular complexity index is 906. The van der Waals surface area contributed by atoms with Crippen molar-refractivity contribution in [3.8, 4) is 5.75 Å². The molecule has 1 heterocycles. The largest absolute Gasteiger partial charge is 0.496 e. The van der Waals surface area contributed by atoms with Crippen LogP contribution < -0.4 is 4.74 Å². The smallest absolute Gasteiger partial charge is 0.123 e. The summed E-state index contributed by atoms with van der Waals surface area (Å²) in [5.41, 5.74) is 4.20. The molecule has 2 aromatic carbocycles. The number of halogens is 2. The molecule has 0 aliphatic heterocycles. The van der Waals surface area contributed by atoms with Crippen molar-refractivity contribution in [2.75, 3.05) is 14.2 Å². The van der Waals surface area contributed by atoms with Gasteiger partial charge in [-0.2, -0.15) is 0 Å². The van der Waals surface area contributed by atoms with Gasteiger partial charge in [0, 0.05) is 39.8 Å².